The quantitative estimate of drug-likeness (QED) is 0.701. The molecule has 6 heteroatoms. The van der Waals surface area contributed by atoms with Gasteiger partial charge in [0.05, 0.1) is 27.4 Å². The molecule has 0 saturated heterocycles. The SMILES string of the molecule is N#CC(Nc1ccc(F)c(Cl)c1)c1cccc(-c2cccs2)n1. The van der Waals surface area contributed by atoms with Gasteiger partial charge >= 0.3 is 0 Å². The predicted molar refractivity (Wildman–Crippen MR) is 90.9 cm³/mol. The average molecular weight is 344 g/mol. The second kappa shape index (κ2) is 6.78. The van der Waals surface area contributed by atoms with E-state index in [9.17, 15) is 9.65 Å². The van der Waals surface area contributed by atoms with E-state index in [2.05, 4.69) is 16.4 Å². The van der Waals surface area contributed by atoms with Crippen LogP contribution in [-0.4, -0.2) is 4.98 Å². The van der Waals surface area contributed by atoms with Crippen molar-refractivity contribution in [2.24, 2.45) is 0 Å². The summed E-state index contributed by atoms with van der Waals surface area (Å²) < 4.78 is 13.2. The van der Waals surface area contributed by atoms with Gasteiger partial charge in [0.15, 0.2) is 6.04 Å². The van der Waals surface area contributed by atoms with Crippen LogP contribution in [-0.2, 0) is 0 Å². The maximum atomic E-state index is 13.2. The molecule has 114 valence electrons. The van der Waals surface area contributed by atoms with Gasteiger partial charge in [-0.05, 0) is 41.8 Å². The van der Waals surface area contributed by atoms with Crippen molar-refractivity contribution in [2.45, 2.75) is 6.04 Å². The number of nitrogens with one attached hydrogen (secondary N) is 1. The van der Waals surface area contributed by atoms with Crippen LogP contribution in [0.4, 0.5) is 10.1 Å². The number of benzene rings is 1. The highest BCUT2D eigenvalue weighted by Gasteiger charge is 2.14. The Bertz CT molecular complexity index is 859. The van der Waals surface area contributed by atoms with E-state index in [0.717, 1.165) is 10.6 Å². The molecule has 0 saturated carbocycles. The van der Waals surface area contributed by atoms with E-state index in [1.807, 2.05) is 29.6 Å². The van der Waals surface area contributed by atoms with Crippen molar-refractivity contribution in [3.63, 3.8) is 0 Å². The molecule has 1 atom stereocenters. The van der Waals surface area contributed by atoms with Gasteiger partial charge in [0.25, 0.3) is 0 Å². The molecule has 0 fully saturated rings. The van der Waals surface area contributed by atoms with E-state index in [-0.39, 0.29) is 5.02 Å². The van der Waals surface area contributed by atoms with Crippen LogP contribution >= 0.6 is 22.9 Å². The lowest BCUT2D eigenvalue weighted by Crippen LogP contribution is -2.10. The van der Waals surface area contributed by atoms with Crippen LogP contribution in [0.15, 0.2) is 53.9 Å². The summed E-state index contributed by atoms with van der Waals surface area (Å²) in [5.74, 6) is -0.497. The number of pyridine rings is 1. The number of nitrogens with zero attached hydrogens (tertiary/aromatic N) is 2. The van der Waals surface area contributed by atoms with Gasteiger partial charge in [-0.25, -0.2) is 9.37 Å². The number of rotatable bonds is 4. The molecule has 1 N–H and O–H groups in total. The molecule has 3 rings (SSSR count). The Morgan fingerprint density at radius 2 is 2.09 bits per heavy atom. The second-order valence-electron chi connectivity index (χ2n) is 4.76. The van der Waals surface area contributed by atoms with E-state index in [4.69, 9.17) is 11.6 Å². The molecule has 2 aromatic heterocycles. The minimum absolute atomic E-state index is 0.00647. The molecule has 2 heterocycles. The Balaban J connectivity index is 1.88. The first-order valence-electron chi connectivity index (χ1n) is 6.79. The lowest BCUT2D eigenvalue weighted by molar-refractivity contribution is 0.628. The number of halogens is 2. The Morgan fingerprint density at radius 3 is 2.78 bits per heavy atom. The minimum atomic E-state index is -0.656. The van der Waals surface area contributed by atoms with Crippen LogP contribution in [0.1, 0.15) is 11.7 Å². The maximum absolute atomic E-state index is 13.2. The molecule has 1 aromatic carbocycles. The molecular weight excluding hydrogens is 333 g/mol. The van der Waals surface area contributed by atoms with Crippen molar-refractivity contribution in [1.29, 1.82) is 5.26 Å². The third-order valence-corrected chi connectivity index (χ3v) is 4.38. The highest BCUT2D eigenvalue weighted by atomic mass is 35.5. The van der Waals surface area contributed by atoms with Crippen molar-refractivity contribution >= 4 is 28.6 Å². The van der Waals surface area contributed by atoms with Crippen LogP contribution in [0.5, 0.6) is 0 Å². The van der Waals surface area contributed by atoms with Gasteiger partial charge in [0, 0.05) is 5.69 Å². The first-order chi connectivity index (χ1) is 11.2. The number of thiophene rings is 1. The molecule has 1 unspecified atom stereocenters. The van der Waals surface area contributed by atoms with E-state index in [1.54, 1.807) is 17.4 Å². The molecule has 0 aliphatic rings. The smallest absolute Gasteiger partial charge is 0.157 e. The highest BCUT2D eigenvalue weighted by Crippen LogP contribution is 2.26. The van der Waals surface area contributed by atoms with Crippen LogP contribution in [0.2, 0.25) is 5.02 Å². The Labute approximate surface area is 142 Å². The normalized spacial score (nSPS) is 11.7. The average Bonchev–Trinajstić information content (AvgIpc) is 3.10. The second-order valence-corrected chi connectivity index (χ2v) is 6.12. The molecule has 0 aliphatic heterocycles. The summed E-state index contributed by atoms with van der Waals surface area (Å²) in [6.07, 6.45) is 0. The van der Waals surface area contributed by atoms with E-state index >= 15 is 0 Å². The molecule has 3 nitrogen and oxygen atoms in total. The largest absolute Gasteiger partial charge is 0.365 e. The van der Waals surface area contributed by atoms with Gasteiger partial charge in [-0.2, -0.15) is 5.26 Å². The predicted octanol–water partition coefficient (Wildman–Crippen LogP) is 5.28. The fourth-order valence-electron chi connectivity index (χ4n) is 2.10. The summed E-state index contributed by atoms with van der Waals surface area (Å²) in [7, 11) is 0. The monoisotopic (exact) mass is 343 g/mol. The Hall–Kier alpha value is -2.42. The molecule has 0 aliphatic carbocycles. The molecule has 23 heavy (non-hydrogen) atoms. The van der Waals surface area contributed by atoms with Crippen molar-refractivity contribution in [3.8, 4) is 16.6 Å². The zero-order valence-corrected chi connectivity index (χ0v) is 13.4. The van der Waals surface area contributed by atoms with Gasteiger partial charge in [0.2, 0.25) is 0 Å². The van der Waals surface area contributed by atoms with Crippen molar-refractivity contribution in [3.05, 3.63) is 70.4 Å². The fourth-order valence-corrected chi connectivity index (χ4v) is 2.97. The minimum Gasteiger partial charge on any atom is -0.365 e. The number of nitriles is 1. The fraction of sp³-hybridized carbons (Fsp3) is 0.0588. The van der Waals surface area contributed by atoms with E-state index in [0.29, 0.717) is 11.4 Å². The van der Waals surface area contributed by atoms with Crippen molar-refractivity contribution < 1.29 is 4.39 Å². The Morgan fingerprint density at radius 1 is 1.22 bits per heavy atom. The van der Waals surface area contributed by atoms with Crippen molar-refractivity contribution in [2.75, 3.05) is 5.32 Å². The molecule has 0 bridgehead atoms. The number of hydrogen-bond donors (Lipinski definition) is 1. The van der Waals surface area contributed by atoms with Gasteiger partial charge in [-0.1, -0.05) is 23.7 Å². The summed E-state index contributed by atoms with van der Waals surface area (Å²) in [6, 6.07) is 15.2. The van der Waals surface area contributed by atoms with Crippen LogP contribution in [0.3, 0.4) is 0 Å². The molecule has 0 amide bonds. The van der Waals surface area contributed by atoms with E-state index in [1.165, 1.54) is 18.2 Å². The van der Waals surface area contributed by atoms with Crippen molar-refractivity contribution in [1.82, 2.24) is 4.98 Å². The van der Waals surface area contributed by atoms with Gasteiger partial charge in [0.1, 0.15) is 5.82 Å². The lowest BCUT2D eigenvalue weighted by atomic mass is 10.1. The zero-order chi connectivity index (χ0) is 16.2. The zero-order valence-electron chi connectivity index (χ0n) is 11.8. The summed E-state index contributed by atoms with van der Waals surface area (Å²) in [4.78, 5) is 5.58. The topological polar surface area (TPSA) is 48.7 Å². The molecule has 0 radical (unpaired) electrons. The van der Waals surface area contributed by atoms with Crippen LogP contribution < -0.4 is 5.32 Å². The van der Waals surface area contributed by atoms with Crippen LogP contribution in [0.25, 0.3) is 10.6 Å². The third-order valence-electron chi connectivity index (χ3n) is 3.20. The molecule has 3 aromatic rings. The Kier molecular flexibility index (Phi) is 4.56. The van der Waals surface area contributed by atoms with Gasteiger partial charge < -0.3 is 5.32 Å². The summed E-state index contributed by atoms with van der Waals surface area (Å²) >= 11 is 7.35. The number of aromatic nitrogens is 1. The standard InChI is InChI=1S/C17H11ClFN3S/c18-12-9-11(6-7-13(12)19)21-16(10-20)14-3-1-4-15(22-14)17-5-2-8-23-17/h1-9,16,21H. The van der Waals surface area contributed by atoms with E-state index < -0.39 is 11.9 Å². The van der Waals surface area contributed by atoms with Crippen LogP contribution in [0, 0.1) is 17.1 Å². The van der Waals surface area contributed by atoms with Gasteiger partial charge in [-0.3, -0.25) is 0 Å². The first-order valence-corrected chi connectivity index (χ1v) is 8.05. The summed E-state index contributed by atoms with van der Waals surface area (Å²) in [5, 5.41) is 14.4. The highest BCUT2D eigenvalue weighted by molar-refractivity contribution is 7.13. The number of anilines is 1. The summed E-state index contributed by atoms with van der Waals surface area (Å²) in [6.45, 7) is 0. The lowest BCUT2D eigenvalue weighted by Gasteiger charge is -2.13. The first kappa shape index (κ1) is 15.5. The maximum Gasteiger partial charge on any atom is 0.157 e. The van der Waals surface area contributed by atoms with Gasteiger partial charge in [-0.15, -0.1) is 11.3 Å². The third kappa shape index (κ3) is 3.50. The summed E-state index contributed by atoms with van der Waals surface area (Å²) in [5.41, 5.74) is 1.97. The molecular formula is C17H11ClFN3S. The molecule has 0 spiro atoms. The number of hydrogen-bond acceptors (Lipinski definition) is 4.